The van der Waals surface area contributed by atoms with Gasteiger partial charge in [0.15, 0.2) is 0 Å². The fourth-order valence-electron chi connectivity index (χ4n) is 2.49. The van der Waals surface area contributed by atoms with Crippen molar-refractivity contribution >= 4 is 11.8 Å². The van der Waals surface area contributed by atoms with Gasteiger partial charge in [-0.1, -0.05) is 0 Å². The number of carbonyl (C=O) groups excluding carboxylic acids is 1. The Morgan fingerprint density at radius 2 is 1.88 bits per heavy atom. The van der Waals surface area contributed by atoms with Gasteiger partial charge in [0.2, 0.25) is 0 Å². The zero-order valence-corrected chi connectivity index (χ0v) is 14.9. The van der Waals surface area contributed by atoms with Gasteiger partial charge in [-0.05, 0) is 71.0 Å². The molecule has 0 radical (unpaired) electrons. The van der Waals surface area contributed by atoms with Crippen molar-refractivity contribution in [2.45, 2.75) is 45.3 Å². The predicted octanol–water partition coefficient (Wildman–Crippen LogP) is 2.75. The van der Waals surface area contributed by atoms with Crippen LogP contribution in [0.1, 0.15) is 33.6 Å². The molecule has 0 saturated carbocycles. The Balaban J connectivity index is 1.65. The fourth-order valence-corrected chi connectivity index (χ4v) is 2.49. The summed E-state index contributed by atoms with van der Waals surface area (Å²) in [4.78, 5) is 11.5. The summed E-state index contributed by atoms with van der Waals surface area (Å²) in [6.07, 6.45) is 1.87. The maximum Gasteiger partial charge on any atom is 0.407 e. The first-order chi connectivity index (χ1) is 11.4. The molecule has 0 aliphatic carbocycles. The molecule has 1 heterocycles. The van der Waals surface area contributed by atoms with Crippen molar-refractivity contribution in [1.82, 2.24) is 10.6 Å². The zero-order chi connectivity index (χ0) is 17.4. The van der Waals surface area contributed by atoms with Crippen LogP contribution in [-0.4, -0.2) is 44.0 Å². The van der Waals surface area contributed by atoms with Gasteiger partial charge in [-0.15, -0.1) is 0 Å². The first-order valence-electron chi connectivity index (χ1n) is 8.59. The highest BCUT2D eigenvalue weighted by Gasteiger charge is 2.15. The lowest BCUT2D eigenvalue weighted by molar-refractivity contribution is 0.0520. The summed E-state index contributed by atoms with van der Waals surface area (Å²) in [6.45, 7) is 8.46. The summed E-state index contributed by atoms with van der Waals surface area (Å²) in [6, 6.07) is 8.47. The number of amides is 1. The van der Waals surface area contributed by atoms with Crippen LogP contribution in [0.15, 0.2) is 24.3 Å². The van der Waals surface area contributed by atoms with E-state index >= 15 is 0 Å². The third-order valence-corrected chi connectivity index (χ3v) is 3.60. The molecule has 3 N–H and O–H groups in total. The number of alkyl carbamates (subject to hydrolysis) is 1. The minimum atomic E-state index is -0.484. The fraction of sp³-hybridized carbons (Fsp3) is 0.611. The standard InChI is InChI=1S/C18H29N3O3/c1-18(2,3)24-17(22)20-12-13-23-16-6-4-14(5-7-16)21-15-8-10-19-11-9-15/h4-7,15,19,21H,8-13H2,1-3H3,(H,20,22). The second-order valence-electron chi connectivity index (χ2n) is 6.97. The number of hydrogen-bond donors (Lipinski definition) is 3. The molecule has 1 saturated heterocycles. The van der Waals surface area contributed by atoms with Gasteiger partial charge in [-0.25, -0.2) is 4.79 Å². The average Bonchev–Trinajstić information content (AvgIpc) is 2.52. The van der Waals surface area contributed by atoms with Gasteiger partial charge >= 0.3 is 6.09 Å². The van der Waals surface area contributed by atoms with Crippen molar-refractivity contribution in [3.8, 4) is 5.75 Å². The highest BCUT2D eigenvalue weighted by molar-refractivity contribution is 5.67. The van der Waals surface area contributed by atoms with E-state index in [-0.39, 0.29) is 0 Å². The largest absolute Gasteiger partial charge is 0.492 e. The van der Waals surface area contributed by atoms with E-state index in [2.05, 4.69) is 16.0 Å². The number of hydrogen-bond acceptors (Lipinski definition) is 5. The molecule has 24 heavy (non-hydrogen) atoms. The Hall–Kier alpha value is -1.95. The van der Waals surface area contributed by atoms with Crippen molar-refractivity contribution in [2.75, 3.05) is 31.6 Å². The van der Waals surface area contributed by atoms with Crippen molar-refractivity contribution in [3.05, 3.63) is 24.3 Å². The van der Waals surface area contributed by atoms with Crippen LogP contribution in [0, 0.1) is 0 Å². The van der Waals surface area contributed by atoms with Crippen LogP contribution >= 0.6 is 0 Å². The maximum absolute atomic E-state index is 11.5. The Labute approximate surface area is 144 Å². The van der Waals surface area contributed by atoms with E-state index in [1.165, 1.54) is 0 Å². The number of anilines is 1. The molecule has 0 bridgehead atoms. The van der Waals surface area contributed by atoms with Gasteiger partial charge in [0, 0.05) is 11.7 Å². The Morgan fingerprint density at radius 1 is 1.21 bits per heavy atom. The van der Waals surface area contributed by atoms with Gasteiger partial charge < -0.3 is 25.4 Å². The molecule has 6 nitrogen and oxygen atoms in total. The molecule has 0 unspecified atom stereocenters. The molecule has 6 heteroatoms. The quantitative estimate of drug-likeness (QED) is 0.697. The molecule has 1 aliphatic heterocycles. The van der Waals surface area contributed by atoms with Crippen LogP contribution in [-0.2, 0) is 4.74 Å². The third-order valence-electron chi connectivity index (χ3n) is 3.60. The van der Waals surface area contributed by atoms with Gasteiger partial charge in [-0.3, -0.25) is 0 Å². The van der Waals surface area contributed by atoms with E-state index in [1.54, 1.807) is 0 Å². The number of ether oxygens (including phenoxy) is 2. The number of nitrogens with one attached hydrogen (secondary N) is 3. The van der Waals surface area contributed by atoms with Crippen LogP contribution in [0.5, 0.6) is 5.75 Å². The number of rotatable bonds is 6. The third kappa shape index (κ3) is 7.08. The summed E-state index contributed by atoms with van der Waals surface area (Å²) >= 11 is 0. The molecule has 134 valence electrons. The molecule has 0 aromatic heterocycles. The lowest BCUT2D eigenvalue weighted by Gasteiger charge is -2.24. The van der Waals surface area contributed by atoms with E-state index in [1.807, 2.05) is 45.0 Å². The predicted molar refractivity (Wildman–Crippen MR) is 95.7 cm³/mol. The molecule has 1 amide bonds. The minimum Gasteiger partial charge on any atom is -0.492 e. The van der Waals surface area contributed by atoms with Gasteiger partial charge in [0.1, 0.15) is 18.0 Å². The molecule has 0 spiro atoms. The average molecular weight is 335 g/mol. The Morgan fingerprint density at radius 3 is 2.50 bits per heavy atom. The minimum absolute atomic E-state index is 0.403. The van der Waals surface area contributed by atoms with Crippen molar-refractivity contribution in [2.24, 2.45) is 0 Å². The van der Waals surface area contributed by atoms with Crippen LogP contribution in [0.4, 0.5) is 10.5 Å². The zero-order valence-electron chi connectivity index (χ0n) is 14.9. The number of carbonyl (C=O) groups is 1. The Bertz CT molecular complexity index is 505. The van der Waals surface area contributed by atoms with E-state index < -0.39 is 11.7 Å². The van der Waals surface area contributed by atoms with Gasteiger partial charge in [0.05, 0.1) is 6.54 Å². The monoisotopic (exact) mass is 335 g/mol. The van der Waals surface area contributed by atoms with Crippen LogP contribution in [0.2, 0.25) is 0 Å². The van der Waals surface area contributed by atoms with Crippen molar-refractivity contribution < 1.29 is 14.3 Å². The maximum atomic E-state index is 11.5. The van der Waals surface area contributed by atoms with Gasteiger partial charge in [0.25, 0.3) is 0 Å². The molecule has 0 atom stereocenters. The lowest BCUT2D eigenvalue weighted by atomic mass is 10.1. The molecule has 1 fully saturated rings. The summed E-state index contributed by atoms with van der Waals surface area (Å²) in [5, 5.41) is 9.57. The topological polar surface area (TPSA) is 71.6 Å². The van der Waals surface area contributed by atoms with Crippen LogP contribution in [0.3, 0.4) is 0 Å². The highest BCUT2D eigenvalue weighted by atomic mass is 16.6. The summed E-state index contributed by atoms with van der Waals surface area (Å²) in [5.74, 6) is 0.789. The smallest absolute Gasteiger partial charge is 0.407 e. The van der Waals surface area contributed by atoms with Crippen molar-refractivity contribution in [1.29, 1.82) is 0 Å². The van der Waals surface area contributed by atoms with E-state index in [0.29, 0.717) is 19.2 Å². The molecular weight excluding hydrogens is 306 g/mol. The van der Waals surface area contributed by atoms with Gasteiger partial charge in [-0.2, -0.15) is 0 Å². The molecular formula is C18H29N3O3. The summed E-state index contributed by atoms with van der Waals surface area (Å²) in [5.41, 5.74) is 0.628. The lowest BCUT2D eigenvalue weighted by Crippen LogP contribution is -2.35. The van der Waals surface area contributed by atoms with Crippen LogP contribution in [0.25, 0.3) is 0 Å². The first-order valence-corrected chi connectivity index (χ1v) is 8.59. The number of piperidine rings is 1. The molecule has 1 aromatic rings. The second kappa shape index (κ2) is 8.78. The summed E-state index contributed by atoms with van der Waals surface area (Å²) < 4.78 is 10.8. The van der Waals surface area contributed by atoms with Crippen molar-refractivity contribution in [3.63, 3.8) is 0 Å². The van der Waals surface area contributed by atoms with E-state index in [0.717, 1.165) is 37.4 Å². The molecule has 2 rings (SSSR count). The summed E-state index contributed by atoms with van der Waals surface area (Å²) in [7, 11) is 0. The SMILES string of the molecule is CC(C)(C)OC(=O)NCCOc1ccc(NC2CCNCC2)cc1. The highest BCUT2D eigenvalue weighted by Crippen LogP contribution is 2.18. The first kappa shape index (κ1) is 18.4. The second-order valence-corrected chi connectivity index (χ2v) is 6.97. The molecule has 1 aliphatic rings. The van der Waals surface area contributed by atoms with E-state index in [4.69, 9.17) is 9.47 Å². The molecule has 1 aromatic carbocycles. The van der Waals surface area contributed by atoms with Crippen LogP contribution < -0.4 is 20.7 Å². The van der Waals surface area contributed by atoms with E-state index in [9.17, 15) is 4.79 Å². The normalized spacial score (nSPS) is 15.6. The number of benzene rings is 1. The Kier molecular flexibility index (Phi) is 6.73.